The molecule has 1 N–H and O–H groups in total. The predicted molar refractivity (Wildman–Crippen MR) is 102 cm³/mol. The molecule has 0 aliphatic carbocycles. The van der Waals surface area contributed by atoms with Gasteiger partial charge in [0.15, 0.2) is 0 Å². The summed E-state index contributed by atoms with van der Waals surface area (Å²) in [6, 6.07) is 11.8. The standard InChI is InChI=1S/C20H21ClN2O3/c1-26-18-10-7-15(13-17(18)21)19(24)22-16-8-5-14(6-9-16)20(25)23-11-3-2-4-12-23/h5-10,13H,2-4,11-12H2,1H3,(H,22,24). The molecule has 1 heterocycles. The van der Waals surface area contributed by atoms with Gasteiger partial charge in [0, 0.05) is 29.9 Å². The number of carbonyl (C=O) groups excluding carboxylic acids is 2. The molecule has 0 radical (unpaired) electrons. The zero-order chi connectivity index (χ0) is 18.5. The van der Waals surface area contributed by atoms with Crippen LogP contribution in [0.1, 0.15) is 40.0 Å². The summed E-state index contributed by atoms with van der Waals surface area (Å²) in [5.74, 6) is 0.290. The fourth-order valence-electron chi connectivity index (χ4n) is 2.99. The van der Waals surface area contributed by atoms with Gasteiger partial charge in [0.2, 0.25) is 0 Å². The normalized spacial score (nSPS) is 14.0. The maximum Gasteiger partial charge on any atom is 0.255 e. The lowest BCUT2D eigenvalue weighted by molar-refractivity contribution is 0.0724. The van der Waals surface area contributed by atoms with Crippen molar-refractivity contribution in [2.45, 2.75) is 19.3 Å². The second kappa shape index (κ2) is 8.23. The third-order valence-electron chi connectivity index (χ3n) is 4.45. The number of amides is 2. The van der Waals surface area contributed by atoms with Gasteiger partial charge in [-0.3, -0.25) is 9.59 Å². The second-order valence-electron chi connectivity index (χ2n) is 6.23. The number of likely N-dealkylation sites (tertiary alicyclic amines) is 1. The first-order chi connectivity index (χ1) is 12.6. The lowest BCUT2D eigenvalue weighted by Gasteiger charge is -2.26. The van der Waals surface area contributed by atoms with E-state index in [0.717, 1.165) is 25.9 Å². The van der Waals surface area contributed by atoms with E-state index in [1.807, 2.05) is 4.90 Å². The Balaban J connectivity index is 1.66. The van der Waals surface area contributed by atoms with Gasteiger partial charge in [-0.15, -0.1) is 0 Å². The summed E-state index contributed by atoms with van der Waals surface area (Å²) < 4.78 is 5.08. The van der Waals surface area contributed by atoms with Crippen LogP contribution in [-0.2, 0) is 0 Å². The van der Waals surface area contributed by atoms with Crippen LogP contribution in [0.4, 0.5) is 5.69 Å². The van der Waals surface area contributed by atoms with Gasteiger partial charge in [-0.05, 0) is 61.7 Å². The van der Waals surface area contributed by atoms with E-state index < -0.39 is 0 Å². The first-order valence-electron chi connectivity index (χ1n) is 8.63. The van der Waals surface area contributed by atoms with Crippen LogP contribution in [0.15, 0.2) is 42.5 Å². The highest BCUT2D eigenvalue weighted by Gasteiger charge is 2.18. The number of hydrogen-bond acceptors (Lipinski definition) is 3. The van der Waals surface area contributed by atoms with E-state index in [1.54, 1.807) is 42.5 Å². The van der Waals surface area contributed by atoms with Crippen LogP contribution >= 0.6 is 11.6 Å². The molecular formula is C20H21ClN2O3. The van der Waals surface area contributed by atoms with Crippen molar-refractivity contribution >= 4 is 29.1 Å². The molecular weight excluding hydrogens is 352 g/mol. The van der Waals surface area contributed by atoms with Crippen LogP contribution < -0.4 is 10.1 Å². The van der Waals surface area contributed by atoms with Crippen molar-refractivity contribution in [1.82, 2.24) is 4.90 Å². The summed E-state index contributed by atoms with van der Waals surface area (Å²) in [4.78, 5) is 26.7. The zero-order valence-corrected chi connectivity index (χ0v) is 15.4. The van der Waals surface area contributed by atoms with E-state index in [4.69, 9.17) is 16.3 Å². The molecule has 0 saturated carbocycles. The Morgan fingerprint density at radius 3 is 2.27 bits per heavy atom. The van der Waals surface area contributed by atoms with Crippen molar-refractivity contribution in [2.75, 3.05) is 25.5 Å². The number of ether oxygens (including phenoxy) is 1. The summed E-state index contributed by atoms with van der Waals surface area (Å²) in [5.41, 5.74) is 1.69. The average molecular weight is 373 g/mol. The molecule has 0 spiro atoms. The Labute approximate surface area is 157 Å². The molecule has 0 unspecified atom stereocenters. The summed E-state index contributed by atoms with van der Waals surface area (Å²) in [6.07, 6.45) is 3.30. The number of nitrogens with zero attached hydrogens (tertiary/aromatic N) is 1. The summed E-state index contributed by atoms with van der Waals surface area (Å²) in [5, 5.41) is 3.18. The third kappa shape index (κ3) is 4.17. The van der Waals surface area contributed by atoms with Crippen LogP contribution in [0.5, 0.6) is 5.75 Å². The third-order valence-corrected chi connectivity index (χ3v) is 4.74. The number of nitrogens with one attached hydrogen (secondary N) is 1. The Morgan fingerprint density at radius 2 is 1.65 bits per heavy atom. The summed E-state index contributed by atoms with van der Waals surface area (Å²) in [7, 11) is 1.52. The number of methoxy groups -OCH3 is 1. The molecule has 0 aromatic heterocycles. The number of piperidine rings is 1. The highest BCUT2D eigenvalue weighted by Crippen LogP contribution is 2.25. The molecule has 136 valence electrons. The smallest absolute Gasteiger partial charge is 0.255 e. The van der Waals surface area contributed by atoms with Crippen LogP contribution in [0, 0.1) is 0 Å². The SMILES string of the molecule is COc1ccc(C(=O)Nc2ccc(C(=O)N3CCCCC3)cc2)cc1Cl. The topological polar surface area (TPSA) is 58.6 Å². The molecule has 0 atom stereocenters. The quantitative estimate of drug-likeness (QED) is 0.873. The van der Waals surface area contributed by atoms with E-state index in [0.29, 0.717) is 27.6 Å². The minimum atomic E-state index is -0.273. The van der Waals surface area contributed by atoms with Gasteiger partial charge in [-0.2, -0.15) is 0 Å². The van der Waals surface area contributed by atoms with Crippen molar-refractivity contribution < 1.29 is 14.3 Å². The van der Waals surface area contributed by atoms with Crippen molar-refractivity contribution in [3.05, 3.63) is 58.6 Å². The van der Waals surface area contributed by atoms with Gasteiger partial charge in [0.05, 0.1) is 12.1 Å². The molecule has 26 heavy (non-hydrogen) atoms. The first-order valence-corrected chi connectivity index (χ1v) is 9.00. The van der Waals surface area contributed by atoms with Gasteiger partial charge in [-0.25, -0.2) is 0 Å². The number of halogens is 1. The van der Waals surface area contributed by atoms with Gasteiger partial charge >= 0.3 is 0 Å². The Hall–Kier alpha value is -2.53. The molecule has 1 aliphatic rings. The minimum absolute atomic E-state index is 0.0458. The molecule has 2 aromatic carbocycles. The number of rotatable bonds is 4. The Kier molecular flexibility index (Phi) is 5.78. The summed E-state index contributed by atoms with van der Waals surface area (Å²) >= 11 is 6.06. The molecule has 2 aromatic rings. The maximum atomic E-state index is 12.5. The van der Waals surface area contributed by atoms with Crippen molar-refractivity contribution in [3.8, 4) is 5.75 Å². The summed E-state index contributed by atoms with van der Waals surface area (Å²) in [6.45, 7) is 1.63. The molecule has 3 rings (SSSR count). The Bertz CT molecular complexity index is 799. The highest BCUT2D eigenvalue weighted by molar-refractivity contribution is 6.32. The Morgan fingerprint density at radius 1 is 1.00 bits per heavy atom. The van der Waals surface area contributed by atoms with E-state index in [9.17, 15) is 9.59 Å². The number of anilines is 1. The molecule has 5 nitrogen and oxygen atoms in total. The number of hydrogen-bond donors (Lipinski definition) is 1. The second-order valence-corrected chi connectivity index (χ2v) is 6.64. The molecule has 0 bridgehead atoms. The van der Waals surface area contributed by atoms with E-state index in [1.165, 1.54) is 13.5 Å². The van der Waals surface area contributed by atoms with Crippen molar-refractivity contribution in [1.29, 1.82) is 0 Å². The fourth-order valence-corrected chi connectivity index (χ4v) is 3.24. The van der Waals surface area contributed by atoms with Gasteiger partial charge in [0.1, 0.15) is 5.75 Å². The minimum Gasteiger partial charge on any atom is -0.495 e. The van der Waals surface area contributed by atoms with Crippen LogP contribution in [-0.4, -0.2) is 36.9 Å². The lowest BCUT2D eigenvalue weighted by Crippen LogP contribution is -2.35. The van der Waals surface area contributed by atoms with E-state index in [-0.39, 0.29) is 11.8 Å². The number of benzene rings is 2. The molecule has 1 fully saturated rings. The van der Waals surface area contributed by atoms with Crippen molar-refractivity contribution in [2.24, 2.45) is 0 Å². The van der Waals surface area contributed by atoms with Crippen molar-refractivity contribution in [3.63, 3.8) is 0 Å². The van der Waals surface area contributed by atoms with Gasteiger partial charge in [0.25, 0.3) is 11.8 Å². The van der Waals surface area contributed by atoms with Crippen LogP contribution in [0.3, 0.4) is 0 Å². The zero-order valence-electron chi connectivity index (χ0n) is 14.6. The van der Waals surface area contributed by atoms with Crippen LogP contribution in [0.25, 0.3) is 0 Å². The van der Waals surface area contributed by atoms with Crippen LogP contribution in [0.2, 0.25) is 5.02 Å². The monoisotopic (exact) mass is 372 g/mol. The van der Waals surface area contributed by atoms with E-state index in [2.05, 4.69) is 5.32 Å². The maximum absolute atomic E-state index is 12.5. The molecule has 1 saturated heterocycles. The first kappa shape index (κ1) is 18.3. The van der Waals surface area contributed by atoms with Gasteiger partial charge in [-0.1, -0.05) is 11.6 Å². The highest BCUT2D eigenvalue weighted by atomic mass is 35.5. The molecule has 1 aliphatic heterocycles. The van der Waals surface area contributed by atoms with Gasteiger partial charge < -0.3 is 15.0 Å². The lowest BCUT2D eigenvalue weighted by atomic mass is 10.1. The number of carbonyl (C=O) groups is 2. The molecule has 2 amide bonds. The largest absolute Gasteiger partial charge is 0.495 e. The average Bonchev–Trinajstić information content (AvgIpc) is 2.68. The van der Waals surface area contributed by atoms with E-state index >= 15 is 0 Å². The fraction of sp³-hybridized carbons (Fsp3) is 0.300. The molecule has 6 heteroatoms. The predicted octanol–water partition coefficient (Wildman–Crippen LogP) is 4.23.